The van der Waals surface area contributed by atoms with Crippen LogP contribution in [0, 0.1) is 0 Å². The van der Waals surface area contributed by atoms with Crippen LogP contribution >= 0.6 is 11.6 Å². The van der Waals surface area contributed by atoms with E-state index in [2.05, 4.69) is 6.92 Å². The Balaban J connectivity index is 1.87. The van der Waals surface area contributed by atoms with Crippen molar-refractivity contribution in [2.75, 3.05) is 11.4 Å². The molecule has 0 aliphatic carbocycles. The Hall–Kier alpha value is -1.22. The zero-order chi connectivity index (χ0) is 13.7. The molecule has 1 unspecified atom stereocenters. The van der Waals surface area contributed by atoms with Crippen molar-refractivity contribution in [3.63, 3.8) is 0 Å². The number of anilines is 1. The predicted molar refractivity (Wildman–Crippen MR) is 77.8 cm³/mol. The summed E-state index contributed by atoms with van der Waals surface area (Å²) in [6, 6.07) is 7.28. The Bertz CT molecular complexity index is 419. The summed E-state index contributed by atoms with van der Waals surface area (Å²) >= 11 is 5.85. The van der Waals surface area contributed by atoms with Gasteiger partial charge in [-0.15, -0.1) is 0 Å². The molecule has 1 amide bonds. The maximum Gasteiger partial charge on any atom is 0.414 e. The van der Waals surface area contributed by atoms with Crippen LogP contribution in [0.5, 0.6) is 0 Å². The second-order valence-corrected chi connectivity index (χ2v) is 5.38. The van der Waals surface area contributed by atoms with Crippen LogP contribution in [0.1, 0.15) is 39.0 Å². The van der Waals surface area contributed by atoms with E-state index in [1.807, 2.05) is 12.1 Å². The van der Waals surface area contributed by atoms with Crippen LogP contribution in [0.2, 0.25) is 5.02 Å². The number of hydrogen-bond acceptors (Lipinski definition) is 2. The highest BCUT2D eigenvalue weighted by atomic mass is 35.5. The maximum atomic E-state index is 11.8. The van der Waals surface area contributed by atoms with Crippen LogP contribution in [0.15, 0.2) is 24.3 Å². The maximum absolute atomic E-state index is 11.8. The molecule has 19 heavy (non-hydrogen) atoms. The molecule has 1 aromatic rings. The van der Waals surface area contributed by atoms with E-state index >= 15 is 0 Å². The molecule has 0 spiro atoms. The molecule has 1 atom stereocenters. The van der Waals surface area contributed by atoms with Gasteiger partial charge >= 0.3 is 6.09 Å². The third-order valence-electron chi connectivity index (χ3n) is 3.39. The molecule has 1 saturated heterocycles. The molecule has 4 heteroatoms. The normalized spacial score (nSPS) is 18.7. The van der Waals surface area contributed by atoms with Crippen molar-refractivity contribution in [1.29, 1.82) is 0 Å². The first-order chi connectivity index (χ1) is 9.20. The van der Waals surface area contributed by atoms with E-state index in [0.717, 1.165) is 18.5 Å². The Kier molecular flexibility index (Phi) is 5.08. The van der Waals surface area contributed by atoms with Gasteiger partial charge < -0.3 is 4.74 Å². The fraction of sp³-hybridized carbons (Fsp3) is 0.533. The number of nitrogens with zero attached hydrogens (tertiary/aromatic N) is 1. The summed E-state index contributed by atoms with van der Waals surface area (Å²) in [5, 5.41) is 0.674. The number of hydrogen-bond donors (Lipinski definition) is 0. The van der Waals surface area contributed by atoms with E-state index in [1.54, 1.807) is 17.0 Å². The molecule has 2 rings (SSSR count). The van der Waals surface area contributed by atoms with Crippen molar-refractivity contribution in [3.05, 3.63) is 29.3 Å². The molecular formula is C15H20ClNO2. The Morgan fingerprint density at radius 2 is 2.00 bits per heavy atom. The summed E-state index contributed by atoms with van der Waals surface area (Å²) in [6.45, 7) is 2.84. The molecule has 1 fully saturated rings. The summed E-state index contributed by atoms with van der Waals surface area (Å²) in [5.41, 5.74) is 0.852. The molecule has 0 saturated carbocycles. The van der Waals surface area contributed by atoms with Crippen LogP contribution < -0.4 is 4.90 Å². The van der Waals surface area contributed by atoms with Gasteiger partial charge in [-0.1, -0.05) is 37.8 Å². The highest BCUT2D eigenvalue weighted by Crippen LogP contribution is 2.25. The van der Waals surface area contributed by atoms with Crippen molar-refractivity contribution >= 4 is 23.4 Å². The van der Waals surface area contributed by atoms with Gasteiger partial charge in [0.05, 0.1) is 6.54 Å². The molecule has 1 heterocycles. The minimum atomic E-state index is -0.247. The molecule has 104 valence electrons. The van der Waals surface area contributed by atoms with Crippen LogP contribution in [-0.4, -0.2) is 18.7 Å². The van der Waals surface area contributed by atoms with Crippen LogP contribution in [0.25, 0.3) is 0 Å². The number of cyclic esters (lactones) is 1. The molecule has 0 aromatic heterocycles. The molecule has 0 N–H and O–H groups in total. The summed E-state index contributed by atoms with van der Waals surface area (Å²) < 4.78 is 5.39. The van der Waals surface area contributed by atoms with Gasteiger partial charge in [-0.3, -0.25) is 4.90 Å². The monoisotopic (exact) mass is 281 g/mol. The zero-order valence-corrected chi connectivity index (χ0v) is 12.0. The first-order valence-corrected chi connectivity index (χ1v) is 7.32. The largest absolute Gasteiger partial charge is 0.444 e. The molecule has 0 bridgehead atoms. The summed E-state index contributed by atoms with van der Waals surface area (Å²) in [5.74, 6) is 0. The molecule has 1 aliphatic rings. The third kappa shape index (κ3) is 3.87. The molecular weight excluding hydrogens is 262 g/mol. The highest BCUT2D eigenvalue weighted by molar-refractivity contribution is 6.30. The number of rotatable bonds is 6. The first-order valence-electron chi connectivity index (χ1n) is 6.94. The number of halogens is 1. The summed E-state index contributed by atoms with van der Waals surface area (Å²) in [6.07, 6.45) is 5.55. The SMILES string of the molecule is CCCCCCC1CN(c2ccc(Cl)cc2)C(=O)O1. The highest BCUT2D eigenvalue weighted by Gasteiger charge is 2.31. The number of unbranched alkanes of at least 4 members (excludes halogenated alkanes) is 3. The number of benzene rings is 1. The molecule has 3 nitrogen and oxygen atoms in total. The van der Waals surface area contributed by atoms with E-state index in [0.29, 0.717) is 11.6 Å². The average molecular weight is 282 g/mol. The number of ether oxygens (including phenoxy) is 1. The minimum absolute atomic E-state index is 0.0278. The van der Waals surface area contributed by atoms with E-state index in [-0.39, 0.29) is 12.2 Å². The van der Waals surface area contributed by atoms with Crippen LogP contribution in [0.4, 0.5) is 10.5 Å². The summed E-state index contributed by atoms with van der Waals surface area (Å²) in [7, 11) is 0. The van der Waals surface area contributed by atoms with E-state index in [1.165, 1.54) is 19.3 Å². The van der Waals surface area contributed by atoms with Gasteiger partial charge in [-0.2, -0.15) is 0 Å². The van der Waals surface area contributed by atoms with E-state index < -0.39 is 0 Å². The lowest BCUT2D eigenvalue weighted by molar-refractivity contribution is 0.135. The Morgan fingerprint density at radius 1 is 1.26 bits per heavy atom. The molecule has 1 aromatic carbocycles. The van der Waals surface area contributed by atoms with Crippen molar-refractivity contribution in [2.45, 2.75) is 45.1 Å². The third-order valence-corrected chi connectivity index (χ3v) is 3.64. The van der Waals surface area contributed by atoms with Crippen molar-refractivity contribution in [1.82, 2.24) is 0 Å². The topological polar surface area (TPSA) is 29.5 Å². The Morgan fingerprint density at radius 3 is 2.68 bits per heavy atom. The fourth-order valence-corrected chi connectivity index (χ4v) is 2.43. The van der Waals surface area contributed by atoms with Gasteiger partial charge in [-0.25, -0.2) is 4.79 Å². The lowest BCUT2D eigenvalue weighted by Gasteiger charge is -2.12. The number of carbonyl (C=O) groups is 1. The zero-order valence-electron chi connectivity index (χ0n) is 11.3. The molecule has 1 aliphatic heterocycles. The van der Waals surface area contributed by atoms with Gasteiger partial charge in [0, 0.05) is 10.7 Å². The average Bonchev–Trinajstić information content (AvgIpc) is 2.77. The number of carbonyl (C=O) groups excluding carboxylic acids is 1. The van der Waals surface area contributed by atoms with E-state index in [9.17, 15) is 4.79 Å². The van der Waals surface area contributed by atoms with E-state index in [4.69, 9.17) is 16.3 Å². The predicted octanol–water partition coefficient (Wildman–Crippen LogP) is 4.64. The van der Waals surface area contributed by atoms with Gasteiger partial charge in [0.2, 0.25) is 0 Å². The standard InChI is InChI=1S/C15H20ClNO2/c1-2-3-4-5-6-14-11-17(15(18)19-14)13-9-7-12(16)8-10-13/h7-10,14H,2-6,11H2,1H3. The lowest BCUT2D eigenvalue weighted by Crippen LogP contribution is -2.24. The Labute approximate surface area is 119 Å². The second-order valence-electron chi connectivity index (χ2n) is 4.94. The smallest absolute Gasteiger partial charge is 0.414 e. The second kappa shape index (κ2) is 6.80. The quantitative estimate of drug-likeness (QED) is 0.711. The first kappa shape index (κ1) is 14.2. The summed E-state index contributed by atoms with van der Waals surface area (Å²) in [4.78, 5) is 13.5. The van der Waals surface area contributed by atoms with Crippen LogP contribution in [-0.2, 0) is 4.74 Å². The number of amides is 1. The van der Waals surface area contributed by atoms with Crippen molar-refractivity contribution < 1.29 is 9.53 Å². The van der Waals surface area contributed by atoms with Crippen LogP contribution in [0.3, 0.4) is 0 Å². The van der Waals surface area contributed by atoms with Gasteiger partial charge in [0.15, 0.2) is 0 Å². The minimum Gasteiger partial charge on any atom is -0.444 e. The fourth-order valence-electron chi connectivity index (χ4n) is 2.30. The van der Waals surface area contributed by atoms with Gasteiger partial charge in [0.1, 0.15) is 6.10 Å². The van der Waals surface area contributed by atoms with Crippen molar-refractivity contribution in [2.24, 2.45) is 0 Å². The van der Waals surface area contributed by atoms with Crippen molar-refractivity contribution in [3.8, 4) is 0 Å². The molecule has 0 radical (unpaired) electrons. The van der Waals surface area contributed by atoms with Gasteiger partial charge in [0.25, 0.3) is 0 Å². The lowest BCUT2D eigenvalue weighted by atomic mass is 10.1. The van der Waals surface area contributed by atoms with Gasteiger partial charge in [-0.05, 0) is 37.1 Å².